The Morgan fingerprint density at radius 3 is 2.40 bits per heavy atom. The number of esters is 1. The van der Waals surface area contributed by atoms with E-state index in [2.05, 4.69) is 0 Å². The maximum absolute atomic E-state index is 11.3. The summed E-state index contributed by atoms with van der Waals surface area (Å²) < 4.78 is 10.0. The summed E-state index contributed by atoms with van der Waals surface area (Å²) in [5.74, 6) is 0.290. The van der Waals surface area contributed by atoms with E-state index in [1.54, 1.807) is 38.1 Å². The van der Waals surface area contributed by atoms with Crippen LogP contribution in [0, 0.1) is 0 Å². The molecule has 80 valence electrons. The van der Waals surface area contributed by atoms with Gasteiger partial charge in [-0.25, -0.2) is 4.79 Å². The normalized spacial score (nSPS) is 9.47. The fourth-order valence-corrected chi connectivity index (χ4v) is 1.14. The summed E-state index contributed by atoms with van der Waals surface area (Å²) in [6.45, 7) is 3.83. The van der Waals surface area contributed by atoms with Gasteiger partial charge in [-0.3, -0.25) is 0 Å². The lowest BCUT2D eigenvalue weighted by Gasteiger charge is -2.04. The summed E-state index contributed by atoms with van der Waals surface area (Å²) >= 11 is 4.79. The van der Waals surface area contributed by atoms with Crippen LogP contribution in [-0.2, 0) is 4.74 Å². The first-order valence-corrected chi connectivity index (χ1v) is 5.00. The number of hydrogen-bond acceptors (Lipinski definition) is 4. The molecule has 3 nitrogen and oxygen atoms in total. The van der Waals surface area contributed by atoms with Crippen LogP contribution in [0.3, 0.4) is 0 Å². The smallest absolute Gasteiger partial charge is 0.338 e. The number of hydrogen-bond donors (Lipinski definition) is 0. The first-order chi connectivity index (χ1) is 7.13. The number of ether oxygens (including phenoxy) is 2. The Balaban J connectivity index is 2.71. The molecule has 0 saturated carbocycles. The van der Waals surface area contributed by atoms with Crippen molar-refractivity contribution in [2.75, 3.05) is 6.61 Å². The van der Waals surface area contributed by atoms with Crippen LogP contribution in [0.1, 0.15) is 24.2 Å². The van der Waals surface area contributed by atoms with Crippen molar-refractivity contribution in [1.29, 1.82) is 0 Å². The molecule has 0 aliphatic heterocycles. The molecule has 0 aliphatic carbocycles. The summed E-state index contributed by atoms with van der Waals surface area (Å²) in [4.78, 5) is 11.3. The zero-order valence-corrected chi connectivity index (χ0v) is 9.47. The zero-order chi connectivity index (χ0) is 11.3. The molecule has 1 aromatic carbocycles. The van der Waals surface area contributed by atoms with E-state index >= 15 is 0 Å². The zero-order valence-electron chi connectivity index (χ0n) is 8.65. The van der Waals surface area contributed by atoms with Gasteiger partial charge in [0.05, 0.1) is 12.2 Å². The van der Waals surface area contributed by atoms with Crippen molar-refractivity contribution in [1.82, 2.24) is 0 Å². The van der Waals surface area contributed by atoms with Gasteiger partial charge in [-0.1, -0.05) is 0 Å². The fraction of sp³-hybridized carbons (Fsp3) is 0.273. The highest BCUT2D eigenvalue weighted by atomic mass is 32.1. The van der Waals surface area contributed by atoms with Crippen molar-refractivity contribution in [2.45, 2.75) is 13.8 Å². The molecule has 0 aliphatic rings. The molecule has 0 radical (unpaired) electrons. The van der Waals surface area contributed by atoms with E-state index in [4.69, 9.17) is 21.7 Å². The lowest BCUT2D eigenvalue weighted by atomic mass is 10.2. The summed E-state index contributed by atoms with van der Waals surface area (Å²) in [7, 11) is 0. The Labute approximate surface area is 94.0 Å². The first-order valence-electron chi connectivity index (χ1n) is 4.59. The molecule has 15 heavy (non-hydrogen) atoms. The predicted octanol–water partition coefficient (Wildman–Crippen LogP) is 2.59. The number of rotatable bonds is 3. The van der Waals surface area contributed by atoms with Gasteiger partial charge in [0.2, 0.25) is 0 Å². The standard InChI is InChI=1S/C11H12O3S/c1-3-13-11(12)9-4-6-10(7-5-9)14-8(2)15/h4-7H,3H2,1-2H3. The third-order valence-electron chi connectivity index (χ3n) is 1.63. The summed E-state index contributed by atoms with van der Waals surface area (Å²) in [5.41, 5.74) is 0.506. The Morgan fingerprint density at radius 2 is 1.93 bits per heavy atom. The minimum absolute atomic E-state index is 0.330. The fourth-order valence-electron chi connectivity index (χ4n) is 1.04. The quantitative estimate of drug-likeness (QED) is 0.584. The third-order valence-corrected chi connectivity index (χ3v) is 1.71. The summed E-state index contributed by atoms with van der Waals surface area (Å²) in [5, 5.41) is 0.443. The molecule has 0 heterocycles. The number of benzene rings is 1. The van der Waals surface area contributed by atoms with Gasteiger partial charge >= 0.3 is 5.97 Å². The van der Waals surface area contributed by atoms with E-state index in [0.29, 0.717) is 23.0 Å². The Morgan fingerprint density at radius 1 is 1.33 bits per heavy atom. The highest BCUT2D eigenvalue weighted by Crippen LogP contribution is 2.13. The van der Waals surface area contributed by atoms with Crippen LogP contribution in [0.4, 0.5) is 0 Å². The Bertz CT molecular complexity index is 357. The van der Waals surface area contributed by atoms with Crippen molar-refractivity contribution in [3.63, 3.8) is 0 Å². The maximum Gasteiger partial charge on any atom is 0.338 e. The molecule has 1 aromatic rings. The van der Waals surface area contributed by atoms with Crippen molar-refractivity contribution in [3.8, 4) is 5.75 Å². The second-order valence-electron chi connectivity index (χ2n) is 2.84. The lowest BCUT2D eigenvalue weighted by molar-refractivity contribution is 0.0526. The highest BCUT2D eigenvalue weighted by Gasteiger charge is 2.05. The minimum Gasteiger partial charge on any atom is -0.462 e. The molecule has 4 heteroatoms. The lowest BCUT2D eigenvalue weighted by Crippen LogP contribution is -2.04. The monoisotopic (exact) mass is 224 g/mol. The molecule has 0 amide bonds. The average Bonchev–Trinajstić information content (AvgIpc) is 2.18. The maximum atomic E-state index is 11.3. The van der Waals surface area contributed by atoms with E-state index in [-0.39, 0.29) is 5.97 Å². The summed E-state index contributed by atoms with van der Waals surface area (Å²) in [6, 6.07) is 6.65. The van der Waals surface area contributed by atoms with Crippen LogP contribution >= 0.6 is 12.2 Å². The number of carbonyl (C=O) groups is 1. The van der Waals surface area contributed by atoms with Crippen LogP contribution in [0.25, 0.3) is 0 Å². The molecule has 0 bridgehead atoms. The predicted molar refractivity (Wildman–Crippen MR) is 61.3 cm³/mol. The van der Waals surface area contributed by atoms with Gasteiger partial charge in [-0.15, -0.1) is 0 Å². The van der Waals surface area contributed by atoms with Crippen LogP contribution in [-0.4, -0.2) is 17.6 Å². The molecular formula is C11H12O3S. The first kappa shape index (κ1) is 11.7. The van der Waals surface area contributed by atoms with E-state index in [0.717, 1.165) is 0 Å². The van der Waals surface area contributed by atoms with Crippen molar-refractivity contribution in [3.05, 3.63) is 29.8 Å². The molecular weight excluding hydrogens is 212 g/mol. The van der Waals surface area contributed by atoms with Gasteiger partial charge in [0, 0.05) is 6.92 Å². The number of thiocarbonyl (C=S) groups is 1. The molecule has 0 saturated heterocycles. The van der Waals surface area contributed by atoms with Gasteiger partial charge in [0.1, 0.15) is 5.75 Å². The molecule has 0 spiro atoms. The van der Waals surface area contributed by atoms with E-state index < -0.39 is 0 Å². The van der Waals surface area contributed by atoms with Crippen LogP contribution in [0.2, 0.25) is 0 Å². The van der Waals surface area contributed by atoms with Gasteiger partial charge in [-0.2, -0.15) is 0 Å². The van der Waals surface area contributed by atoms with Crippen LogP contribution in [0.5, 0.6) is 5.75 Å². The van der Waals surface area contributed by atoms with Crippen molar-refractivity contribution >= 4 is 23.2 Å². The molecule has 0 aromatic heterocycles. The van der Waals surface area contributed by atoms with Crippen LogP contribution in [0.15, 0.2) is 24.3 Å². The minimum atomic E-state index is -0.330. The molecule has 0 atom stereocenters. The molecule has 0 N–H and O–H groups in total. The Kier molecular flexibility index (Phi) is 4.24. The topological polar surface area (TPSA) is 35.5 Å². The third kappa shape index (κ3) is 3.67. The second kappa shape index (κ2) is 5.46. The van der Waals surface area contributed by atoms with Gasteiger partial charge < -0.3 is 9.47 Å². The molecule has 0 unspecified atom stereocenters. The number of carbonyl (C=O) groups excluding carboxylic acids is 1. The highest BCUT2D eigenvalue weighted by molar-refractivity contribution is 7.80. The van der Waals surface area contributed by atoms with Gasteiger partial charge in [-0.05, 0) is 43.4 Å². The second-order valence-corrected chi connectivity index (χ2v) is 3.41. The molecule has 0 fully saturated rings. The van der Waals surface area contributed by atoms with Crippen molar-refractivity contribution < 1.29 is 14.3 Å². The van der Waals surface area contributed by atoms with Crippen LogP contribution < -0.4 is 4.74 Å². The van der Waals surface area contributed by atoms with Gasteiger partial charge in [0.25, 0.3) is 0 Å². The van der Waals surface area contributed by atoms with Crippen molar-refractivity contribution in [2.24, 2.45) is 0 Å². The largest absolute Gasteiger partial charge is 0.462 e. The van der Waals surface area contributed by atoms with E-state index in [9.17, 15) is 4.79 Å². The average molecular weight is 224 g/mol. The molecule has 1 rings (SSSR count). The summed E-state index contributed by atoms with van der Waals surface area (Å²) in [6.07, 6.45) is 0. The van der Waals surface area contributed by atoms with Gasteiger partial charge in [0.15, 0.2) is 5.05 Å². The van der Waals surface area contributed by atoms with E-state index in [1.165, 1.54) is 0 Å². The SMILES string of the molecule is CCOC(=O)c1ccc(OC(C)=S)cc1. The van der Waals surface area contributed by atoms with E-state index in [1.807, 2.05) is 0 Å². The Hall–Kier alpha value is -1.42.